The fraction of sp³-hybridized carbons (Fsp3) is 0.167. The molecule has 0 aliphatic heterocycles. The van der Waals surface area contributed by atoms with Gasteiger partial charge in [0.2, 0.25) is 0 Å². The molecule has 6 aromatic carbocycles. The zero-order valence-electron chi connectivity index (χ0n) is 42.3. The number of methoxy groups -OCH3 is 4. The van der Waals surface area contributed by atoms with Crippen LogP contribution in [0, 0.1) is 0 Å². The van der Waals surface area contributed by atoms with E-state index in [1.807, 2.05) is 0 Å². The minimum atomic E-state index is -5.18. The SMILES string of the molecule is COc1ccc(/C(=N\OS(=O)(=O)c2cccc(S(=O)(=O)O/N=C(\c3ccc(OC)cc3)C(F)(F)F)c2)C(F)(F)F)cc1.COc1ccc(/C(=N\OS(=O)(=O)c2cccc(S(=O)(=O)O/N=C(\c3ccc(OC)cc3)C(F)(F)F)c2)C(F)(F)F)cc1. The van der Waals surface area contributed by atoms with Crippen LogP contribution in [0.25, 0.3) is 0 Å². The first-order chi connectivity index (χ1) is 38.9. The van der Waals surface area contributed by atoms with Crippen LogP contribution < -0.4 is 18.9 Å². The number of oxime groups is 4. The summed E-state index contributed by atoms with van der Waals surface area (Å²) in [6.45, 7) is 0. The molecule has 20 nitrogen and oxygen atoms in total. The standard InChI is InChI=1S/2C24H18F6N2O8S2/c2*1-37-17-10-6-15(7-11-17)21(23(25,26)27)31-39-41(33,34)19-4-3-5-20(14-19)42(35,36)40-32-22(24(28,29)30)16-8-12-18(38-2)13-9-16/h2*3-14H,1-2H3/b2*31-21+,32-22+. The predicted octanol–water partition coefficient (Wildman–Crippen LogP) is 10.1. The quantitative estimate of drug-likeness (QED) is 0.0391. The minimum absolute atomic E-state index is 0.199. The number of ether oxygens (including phenoxy) is 4. The summed E-state index contributed by atoms with van der Waals surface area (Å²) < 4.78 is 299. The number of benzene rings is 6. The van der Waals surface area contributed by atoms with E-state index < -0.39 is 130 Å². The van der Waals surface area contributed by atoms with Crippen molar-refractivity contribution in [3.05, 3.63) is 168 Å². The monoisotopic (exact) mass is 1280 g/mol. The Labute approximate surface area is 468 Å². The Bertz CT molecular complexity index is 3380. The average Bonchev–Trinajstić information content (AvgIpc) is 3.44. The van der Waals surface area contributed by atoms with Crippen molar-refractivity contribution in [2.45, 2.75) is 44.3 Å². The largest absolute Gasteiger partial charge is 0.497 e. The molecule has 0 amide bonds. The van der Waals surface area contributed by atoms with E-state index in [0.717, 1.165) is 133 Å². The van der Waals surface area contributed by atoms with E-state index >= 15 is 0 Å². The summed E-state index contributed by atoms with van der Waals surface area (Å²) in [5.74, 6) is 0.795. The lowest BCUT2D eigenvalue weighted by Gasteiger charge is -2.12. The summed E-state index contributed by atoms with van der Waals surface area (Å²) in [5, 5.41) is 10.9. The van der Waals surface area contributed by atoms with Crippen molar-refractivity contribution in [1.29, 1.82) is 0 Å². The Morgan fingerprint density at radius 2 is 0.464 bits per heavy atom. The Balaban J connectivity index is 0.000000307. The average molecular weight is 1280 g/mol. The molecule has 36 heteroatoms. The fourth-order valence-corrected chi connectivity index (χ4v) is 9.41. The lowest BCUT2D eigenvalue weighted by Crippen LogP contribution is -2.25. The molecule has 0 spiro atoms. The highest BCUT2D eigenvalue weighted by Crippen LogP contribution is 2.31. The molecule has 0 bridgehead atoms. The van der Waals surface area contributed by atoms with Crippen molar-refractivity contribution in [3.63, 3.8) is 0 Å². The smallest absolute Gasteiger partial charge is 0.437 e. The van der Waals surface area contributed by atoms with Crippen LogP contribution in [0.2, 0.25) is 0 Å². The van der Waals surface area contributed by atoms with Gasteiger partial charge in [-0.3, -0.25) is 17.1 Å². The van der Waals surface area contributed by atoms with Gasteiger partial charge in [0, 0.05) is 22.3 Å². The third-order valence-electron chi connectivity index (χ3n) is 10.2. The second kappa shape index (κ2) is 26.3. The summed E-state index contributed by atoms with van der Waals surface area (Å²) in [5.41, 5.74) is -9.31. The summed E-state index contributed by atoms with van der Waals surface area (Å²) in [7, 11) is -15.7. The van der Waals surface area contributed by atoms with Gasteiger partial charge in [-0.2, -0.15) is 86.4 Å². The van der Waals surface area contributed by atoms with Gasteiger partial charge in [0.05, 0.1) is 28.4 Å². The number of hydrogen-bond donors (Lipinski definition) is 0. The molecule has 0 unspecified atom stereocenters. The summed E-state index contributed by atoms with van der Waals surface area (Å²) >= 11 is 0. The van der Waals surface area contributed by atoms with Crippen LogP contribution >= 0.6 is 0 Å². The fourth-order valence-electron chi connectivity index (χ4n) is 6.16. The summed E-state index contributed by atoms with van der Waals surface area (Å²) in [6.07, 6.45) is -20.7. The molecule has 0 aliphatic rings. The van der Waals surface area contributed by atoms with E-state index in [4.69, 9.17) is 18.9 Å². The molecule has 0 saturated heterocycles. The third kappa shape index (κ3) is 17.7. The normalized spacial score (nSPS) is 13.4. The molecular weight excluding hydrogens is 1240 g/mol. The van der Waals surface area contributed by atoms with Crippen molar-refractivity contribution in [3.8, 4) is 23.0 Å². The van der Waals surface area contributed by atoms with Gasteiger partial charge in [0.15, 0.2) is 22.8 Å². The zero-order valence-corrected chi connectivity index (χ0v) is 45.6. The molecule has 0 atom stereocenters. The number of rotatable bonds is 20. The molecule has 0 aromatic heterocycles. The van der Waals surface area contributed by atoms with E-state index in [-0.39, 0.29) is 23.0 Å². The first kappa shape index (κ1) is 66.2. The number of halogens is 12. The van der Waals surface area contributed by atoms with E-state index in [9.17, 15) is 86.4 Å². The molecule has 6 aromatic rings. The predicted molar refractivity (Wildman–Crippen MR) is 268 cm³/mol. The molecule has 0 radical (unpaired) electrons. The highest BCUT2D eigenvalue weighted by atomic mass is 32.2. The van der Waals surface area contributed by atoms with E-state index in [1.54, 1.807) is 0 Å². The van der Waals surface area contributed by atoms with Crippen LogP contribution in [-0.2, 0) is 57.6 Å². The van der Waals surface area contributed by atoms with E-state index in [2.05, 4.69) is 37.8 Å². The van der Waals surface area contributed by atoms with Crippen molar-refractivity contribution in [2.75, 3.05) is 28.4 Å². The van der Waals surface area contributed by atoms with Crippen LogP contribution in [0.5, 0.6) is 23.0 Å². The lowest BCUT2D eigenvalue weighted by atomic mass is 10.1. The number of nitrogens with zero attached hydrogens (tertiary/aromatic N) is 4. The number of alkyl halides is 12. The Kier molecular flexibility index (Phi) is 20.7. The van der Waals surface area contributed by atoms with Gasteiger partial charge in [0.1, 0.15) is 42.6 Å². The van der Waals surface area contributed by atoms with Gasteiger partial charge in [-0.25, -0.2) is 0 Å². The molecule has 452 valence electrons. The first-order valence-corrected chi connectivity index (χ1v) is 27.7. The highest BCUT2D eigenvalue weighted by molar-refractivity contribution is 7.88. The van der Waals surface area contributed by atoms with Crippen molar-refractivity contribution < 1.29 is 122 Å². The van der Waals surface area contributed by atoms with E-state index in [1.165, 1.54) is 28.4 Å². The van der Waals surface area contributed by atoms with E-state index in [0.29, 0.717) is 12.1 Å². The first-order valence-electron chi connectivity index (χ1n) is 22.1. The van der Waals surface area contributed by atoms with Crippen molar-refractivity contribution in [1.82, 2.24) is 0 Å². The molecule has 0 aliphatic carbocycles. The molecule has 6 rings (SSSR count). The summed E-state index contributed by atoms with van der Waals surface area (Å²) in [4.78, 5) is -4.05. The van der Waals surface area contributed by atoms with Gasteiger partial charge in [-0.15, -0.1) is 0 Å². The Morgan fingerprint density at radius 1 is 0.298 bits per heavy atom. The zero-order chi connectivity index (χ0) is 62.7. The molecule has 0 saturated carbocycles. The second-order valence-corrected chi connectivity index (χ2v) is 21.8. The van der Waals surface area contributed by atoms with Crippen molar-refractivity contribution in [2.24, 2.45) is 20.6 Å². The Morgan fingerprint density at radius 3 is 0.607 bits per heavy atom. The van der Waals surface area contributed by atoms with Crippen LogP contribution in [-0.4, -0.2) is 110 Å². The van der Waals surface area contributed by atoms with Gasteiger partial charge in [-0.05, 0) is 133 Å². The van der Waals surface area contributed by atoms with Gasteiger partial charge >= 0.3 is 65.2 Å². The van der Waals surface area contributed by atoms with Gasteiger partial charge in [-0.1, -0.05) is 32.8 Å². The number of hydrogen-bond acceptors (Lipinski definition) is 20. The second-order valence-electron chi connectivity index (χ2n) is 15.7. The van der Waals surface area contributed by atoms with Gasteiger partial charge < -0.3 is 18.9 Å². The van der Waals surface area contributed by atoms with Crippen LogP contribution in [0.4, 0.5) is 52.7 Å². The molecule has 84 heavy (non-hydrogen) atoms. The van der Waals surface area contributed by atoms with Crippen molar-refractivity contribution >= 4 is 63.3 Å². The maximum atomic E-state index is 13.5. The minimum Gasteiger partial charge on any atom is -0.497 e. The molecule has 0 fully saturated rings. The maximum absolute atomic E-state index is 13.5. The Hall–Kier alpha value is -8.64. The van der Waals surface area contributed by atoms with Crippen LogP contribution in [0.15, 0.2) is 186 Å². The highest BCUT2D eigenvalue weighted by Gasteiger charge is 2.42. The summed E-state index contributed by atoms with van der Waals surface area (Å²) in [6, 6.07) is 22.1. The topological polar surface area (TPSA) is 260 Å². The molecule has 0 heterocycles. The third-order valence-corrected chi connectivity index (χ3v) is 14.6. The lowest BCUT2D eigenvalue weighted by molar-refractivity contribution is -0.0606. The maximum Gasteiger partial charge on any atom is 0.437 e. The molecular formula is C48H36F12N4O16S4. The van der Waals surface area contributed by atoms with Gasteiger partial charge in [0.25, 0.3) is 0 Å². The molecule has 0 N–H and O–H groups in total. The van der Waals surface area contributed by atoms with Crippen LogP contribution in [0.3, 0.4) is 0 Å². The van der Waals surface area contributed by atoms with Crippen LogP contribution in [0.1, 0.15) is 22.3 Å².